The molecule has 2 aromatic carbocycles. The zero-order valence-corrected chi connectivity index (χ0v) is 19.8. The summed E-state index contributed by atoms with van der Waals surface area (Å²) in [7, 11) is 0. The van der Waals surface area contributed by atoms with E-state index >= 15 is 4.39 Å². The number of carbonyl (C=O) groups is 1. The summed E-state index contributed by atoms with van der Waals surface area (Å²) >= 11 is 1.68. The summed E-state index contributed by atoms with van der Waals surface area (Å²) in [5, 5.41) is 12.8. The topological polar surface area (TPSA) is 65.8 Å². The van der Waals surface area contributed by atoms with Crippen LogP contribution in [0, 0.1) is 11.2 Å². The minimum Gasteiger partial charge on any atom is -0.502 e. The Morgan fingerprint density at radius 2 is 1.86 bits per heavy atom. The molecule has 2 atom stereocenters. The van der Waals surface area contributed by atoms with E-state index in [4.69, 9.17) is 0 Å². The molecule has 1 unspecified atom stereocenters. The molecule has 3 aliphatic heterocycles. The van der Waals surface area contributed by atoms with Crippen molar-refractivity contribution in [3.05, 3.63) is 93.2 Å². The number of aromatic nitrogens is 1. The Hall–Kier alpha value is -3.26. The summed E-state index contributed by atoms with van der Waals surface area (Å²) in [6.07, 6.45) is 5.18. The van der Waals surface area contributed by atoms with Gasteiger partial charge in [-0.15, -0.1) is 11.8 Å². The Morgan fingerprint density at radius 1 is 1.03 bits per heavy atom. The van der Waals surface area contributed by atoms with Crippen molar-refractivity contribution >= 4 is 17.7 Å². The van der Waals surface area contributed by atoms with E-state index in [-0.39, 0.29) is 29.0 Å². The predicted octanol–water partition coefficient (Wildman–Crippen LogP) is 4.38. The van der Waals surface area contributed by atoms with E-state index in [1.165, 1.54) is 12.1 Å². The number of amides is 1. The number of nitrogens with zero attached hydrogens (tertiary/aromatic N) is 3. The fraction of sp³-hybridized carbons (Fsp3) is 0.333. The summed E-state index contributed by atoms with van der Waals surface area (Å²) in [4.78, 5) is 28.8. The molecule has 0 bridgehead atoms. The number of hydrogen-bond donors (Lipinski definition) is 1. The number of aromatic hydroxyl groups is 1. The number of pyridine rings is 1. The van der Waals surface area contributed by atoms with Gasteiger partial charge in [0.2, 0.25) is 5.43 Å². The first-order valence-electron chi connectivity index (χ1n) is 12.0. The average Bonchev–Trinajstić information content (AvgIpc) is 3.63. The van der Waals surface area contributed by atoms with Crippen LogP contribution in [0.3, 0.4) is 0 Å². The van der Waals surface area contributed by atoms with Crippen LogP contribution >= 0.6 is 11.8 Å². The normalized spacial score (nSPS) is 23.7. The first-order valence-corrected chi connectivity index (χ1v) is 13.0. The Morgan fingerprint density at radius 3 is 2.69 bits per heavy atom. The van der Waals surface area contributed by atoms with E-state index in [1.54, 1.807) is 33.6 Å². The van der Waals surface area contributed by atoms with Crippen LogP contribution in [0.2, 0.25) is 0 Å². The molecule has 35 heavy (non-hydrogen) atoms. The van der Waals surface area contributed by atoms with E-state index in [0.29, 0.717) is 17.9 Å². The van der Waals surface area contributed by atoms with Crippen molar-refractivity contribution in [3.63, 3.8) is 0 Å². The maximum atomic E-state index is 15.7. The third-order valence-corrected chi connectivity index (χ3v) is 9.30. The molecule has 4 heterocycles. The van der Waals surface area contributed by atoms with Crippen LogP contribution in [0.5, 0.6) is 5.75 Å². The third-order valence-electron chi connectivity index (χ3n) is 8.16. The molecule has 8 heteroatoms. The predicted molar refractivity (Wildman–Crippen MR) is 131 cm³/mol. The van der Waals surface area contributed by atoms with Crippen LogP contribution < -0.4 is 10.4 Å². The average molecular weight is 490 g/mol. The molecule has 178 valence electrons. The molecular formula is C27H24FN3O3S. The zero-order chi connectivity index (χ0) is 23.9. The molecule has 2 fully saturated rings. The summed E-state index contributed by atoms with van der Waals surface area (Å²) in [5.74, 6) is -0.565. The van der Waals surface area contributed by atoms with Gasteiger partial charge in [-0.3, -0.25) is 19.3 Å². The second kappa shape index (κ2) is 7.37. The van der Waals surface area contributed by atoms with Gasteiger partial charge in [0.25, 0.3) is 5.91 Å². The first-order chi connectivity index (χ1) is 17.0. The monoisotopic (exact) mass is 489 g/mol. The second-order valence-corrected chi connectivity index (χ2v) is 11.1. The van der Waals surface area contributed by atoms with Gasteiger partial charge >= 0.3 is 0 Å². The van der Waals surface area contributed by atoms with Gasteiger partial charge in [-0.1, -0.05) is 30.3 Å². The number of benzene rings is 2. The van der Waals surface area contributed by atoms with Gasteiger partial charge in [0.15, 0.2) is 11.4 Å². The molecule has 1 amide bonds. The van der Waals surface area contributed by atoms with E-state index in [9.17, 15) is 14.7 Å². The number of rotatable bonds is 1. The van der Waals surface area contributed by atoms with E-state index in [1.807, 2.05) is 29.3 Å². The Labute approximate surface area is 205 Å². The van der Waals surface area contributed by atoms with Crippen molar-refractivity contribution in [3.8, 4) is 5.75 Å². The highest BCUT2D eigenvalue weighted by Crippen LogP contribution is 2.57. The molecule has 7 rings (SSSR count). The zero-order valence-electron chi connectivity index (χ0n) is 19.0. The molecule has 3 aromatic rings. The molecule has 1 N–H and O–H groups in total. The highest BCUT2D eigenvalue weighted by molar-refractivity contribution is 7.98. The maximum Gasteiger partial charge on any atom is 0.278 e. The Kier molecular flexibility index (Phi) is 4.43. The van der Waals surface area contributed by atoms with Crippen LogP contribution in [0.4, 0.5) is 4.39 Å². The lowest BCUT2D eigenvalue weighted by atomic mass is 9.87. The molecule has 1 saturated heterocycles. The first kappa shape index (κ1) is 21.1. The third kappa shape index (κ3) is 3.02. The van der Waals surface area contributed by atoms with Crippen molar-refractivity contribution in [2.75, 3.05) is 11.6 Å². The maximum absolute atomic E-state index is 15.7. The SMILES string of the molecule is O=C1c2c(O)c(=O)ccn2N([C@@H]2c3ccccc3SCc3cccc(F)c32)C2CC3(CCN12)CC3. The van der Waals surface area contributed by atoms with Gasteiger partial charge in [-0.25, -0.2) is 4.39 Å². The van der Waals surface area contributed by atoms with Gasteiger partial charge < -0.3 is 10.0 Å². The fourth-order valence-corrected chi connectivity index (χ4v) is 7.22. The molecule has 1 aromatic heterocycles. The van der Waals surface area contributed by atoms with Crippen molar-refractivity contribution in [1.29, 1.82) is 0 Å². The molecule has 0 radical (unpaired) electrons. The number of thioether (sulfide) groups is 1. The van der Waals surface area contributed by atoms with Crippen molar-refractivity contribution in [1.82, 2.24) is 9.58 Å². The van der Waals surface area contributed by atoms with Gasteiger partial charge in [0, 0.05) is 35.0 Å². The summed E-state index contributed by atoms with van der Waals surface area (Å²) < 4.78 is 17.3. The van der Waals surface area contributed by atoms with Crippen LogP contribution in [-0.4, -0.2) is 33.3 Å². The molecule has 1 saturated carbocycles. The number of piperidine rings is 1. The summed E-state index contributed by atoms with van der Waals surface area (Å²) in [6.45, 7) is 0.551. The highest BCUT2D eigenvalue weighted by Gasteiger charge is 2.54. The Bertz CT molecular complexity index is 1450. The molecule has 1 aliphatic carbocycles. The summed E-state index contributed by atoms with van der Waals surface area (Å²) in [6, 6.07) is 14.0. The van der Waals surface area contributed by atoms with Crippen molar-refractivity contribution in [2.24, 2.45) is 5.41 Å². The van der Waals surface area contributed by atoms with Crippen LogP contribution in [0.15, 0.2) is 64.4 Å². The second-order valence-electron chi connectivity index (χ2n) is 10.1. The van der Waals surface area contributed by atoms with Gasteiger partial charge in [-0.05, 0) is 54.4 Å². The lowest BCUT2D eigenvalue weighted by Gasteiger charge is -2.53. The van der Waals surface area contributed by atoms with E-state index in [0.717, 1.165) is 41.7 Å². The standard InChI is InChI=1S/C27H24FN3O3S/c28-18-6-3-4-16-15-35-20-7-2-1-5-17(20)23(22(16)18)31-21-14-27(9-10-27)11-13-29(21)26(34)24-25(33)19(32)8-12-30(24)31/h1-8,12,21,23,33H,9-11,13-15H2/t21?,23-/m1/s1. The number of halogens is 1. The van der Waals surface area contributed by atoms with Crippen LogP contribution in [0.1, 0.15) is 58.9 Å². The van der Waals surface area contributed by atoms with E-state index in [2.05, 4.69) is 6.07 Å². The molecule has 1 spiro atoms. The number of fused-ring (bicyclic) bond motifs is 4. The number of carbonyl (C=O) groups excluding carboxylic acids is 1. The van der Waals surface area contributed by atoms with Gasteiger partial charge in [0.1, 0.15) is 18.0 Å². The van der Waals surface area contributed by atoms with Crippen molar-refractivity contribution in [2.45, 2.75) is 48.5 Å². The van der Waals surface area contributed by atoms with Crippen LogP contribution in [-0.2, 0) is 5.75 Å². The lowest BCUT2D eigenvalue weighted by molar-refractivity contribution is 0.0347. The molecular weight excluding hydrogens is 465 g/mol. The van der Waals surface area contributed by atoms with E-state index < -0.39 is 17.2 Å². The van der Waals surface area contributed by atoms with Crippen LogP contribution in [0.25, 0.3) is 0 Å². The molecule has 4 aliphatic rings. The lowest BCUT2D eigenvalue weighted by Crippen LogP contribution is -2.65. The fourth-order valence-electron chi connectivity index (χ4n) is 6.13. The van der Waals surface area contributed by atoms with Gasteiger partial charge in [0.05, 0.1) is 0 Å². The number of hydrogen-bond acceptors (Lipinski definition) is 5. The largest absolute Gasteiger partial charge is 0.502 e. The summed E-state index contributed by atoms with van der Waals surface area (Å²) in [5.41, 5.74) is 2.00. The molecule has 6 nitrogen and oxygen atoms in total. The minimum absolute atomic E-state index is 0.0484. The van der Waals surface area contributed by atoms with Gasteiger partial charge in [-0.2, -0.15) is 0 Å². The van der Waals surface area contributed by atoms with Crippen molar-refractivity contribution < 1.29 is 14.3 Å². The highest BCUT2D eigenvalue weighted by atomic mass is 32.2. The smallest absolute Gasteiger partial charge is 0.278 e. The quantitative estimate of drug-likeness (QED) is 0.550. The minimum atomic E-state index is -0.595. The Balaban J connectivity index is 1.53.